The van der Waals surface area contributed by atoms with Crippen LogP contribution in [0.4, 0.5) is 5.69 Å². The van der Waals surface area contributed by atoms with Gasteiger partial charge in [-0.15, -0.1) is 10.2 Å². The number of anilines is 1. The fraction of sp³-hybridized carbons (Fsp3) is 0.167. The normalized spacial score (nSPS) is 10.7. The van der Waals surface area contributed by atoms with E-state index in [0.29, 0.717) is 11.1 Å². The first-order chi connectivity index (χ1) is 12.0. The van der Waals surface area contributed by atoms with Crippen molar-refractivity contribution in [3.63, 3.8) is 0 Å². The highest BCUT2D eigenvalue weighted by Gasteiger charge is 2.12. The molecule has 0 fully saturated rings. The maximum absolute atomic E-state index is 12.1. The second kappa shape index (κ2) is 7.84. The highest BCUT2D eigenvalue weighted by Crippen LogP contribution is 2.25. The van der Waals surface area contributed by atoms with Crippen molar-refractivity contribution in [1.29, 1.82) is 0 Å². The topological polar surface area (TPSA) is 68.0 Å². The van der Waals surface area contributed by atoms with Crippen LogP contribution in [0.2, 0.25) is 0 Å². The summed E-state index contributed by atoms with van der Waals surface area (Å²) in [7, 11) is 0. The number of carbonyl (C=O) groups excluding carboxylic acids is 1. The molecule has 0 aliphatic carbocycles. The van der Waals surface area contributed by atoms with Gasteiger partial charge in [0.2, 0.25) is 11.8 Å². The maximum atomic E-state index is 12.1. The third-order valence-corrected chi connectivity index (χ3v) is 4.84. The number of carbonyl (C=O) groups is 1. The van der Waals surface area contributed by atoms with E-state index in [1.807, 2.05) is 56.3 Å². The van der Waals surface area contributed by atoms with E-state index in [1.54, 1.807) is 0 Å². The minimum absolute atomic E-state index is 0.109. The number of aromatic nitrogens is 2. The quantitative estimate of drug-likeness (QED) is 0.601. The van der Waals surface area contributed by atoms with Gasteiger partial charge in [-0.25, -0.2) is 0 Å². The number of halogens is 1. The Morgan fingerprint density at radius 3 is 2.68 bits per heavy atom. The van der Waals surface area contributed by atoms with Gasteiger partial charge >= 0.3 is 0 Å². The van der Waals surface area contributed by atoms with E-state index in [0.717, 1.165) is 26.9 Å². The van der Waals surface area contributed by atoms with Gasteiger partial charge in [-0.05, 0) is 55.3 Å². The molecular weight excluding hydrogens is 402 g/mol. The minimum atomic E-state index is -0.109. The standard InChI is InChI=1S/C18H16BrN3O2S/c1-11-3-4-12(2)15(9-11)20-16(23)10-25-18-22-21-17(24-18)13-5-7-14(19)8-6-13/h3-9H,10H2,1-2H3,(H,20,23). The molecule has 5 nitrogen and oxygen atoms in total. The first-order valence-corrected chi connectivity index (χ1v) is 9.38. The van der Waals surface area contributed by atoms with Crippen LogP contribution in [0.5, 0.6) is 0 Å². The van der Waals surface area contributed by atoms with Gasteiger partial charge in [0.25, 0.3) is 5.22 Å². The molecule has 128 valence electrons. The number of hydrogen-bond acceptors (Lipinski definition) is 5. The molecule has 0 unspecified atom stereocenters. The predicted molar refractivity (Wildman–Crippen MR) is 103 cm³/mol. The van der Waals surface area contributed by atoms with Crippen molar-refractivity contribution in [2.45, 2.75) is 19.1 Å². The van der Waals surface area contributed by atoms with Crippen molar-refractivity contribution in [3.05, 3.63) is 58.1 Å². The summed E-state index contributed by atoms with van der Waals surface area (Å²) in [5.41, 5.74) is 3.79. The summed E-state index contributed by atoms with van der Waals surface area (Å²) >= 11 is 4.60. The van der Waals surface area contributed by atoms with Crippen LogP contribution in [0, 0.1) is 13.8 Å². The van der Waals surface area contributed by atoms with Crippen LogP contribution in [-0.2, 0) is 4.79 Å². The molecule has 0 radical (unpaired) electrons. The second-order valence-corrected chi connectivity index (χ2v) is 7.38. The SMILES string of the molecule is Cc1ccc(C)c(NC(=O)CSc2nnc(-c3ccc(Br)cc3)o2)c1. The Morgan fingerprint density at radius 1 is 1.16 bits per heavy atom. The van der Waals surface area contributed by atoms with Crippen molar-refractivity contribution < 1.29 is 9.21 Å². The Balaban J connectivity index is 1.59. The smallest absolute Gasteiger partial charge is 0.277 e. The number of thioether (sulfide) groups is 1. The molecule has 1 aromatic heterocycles. The van der Waals surface area contributed by atoms with E-state index >= 15 is 0 Å². The van der Waals surface area contributed by atoms with E-state index in [4.69, 9.17) is 4.42 Å². The Labute approximate surface area is 158 Å². The molecule has 25 heavy (non-hydrogen) atoms. The molecule has 7 heteroatoms. The number of benzene rings is 2. The van der Waals surface area contributed by atoms with Crippen LogP contribution < -0.4 is 5.32 Å². The molecule has 2 aromatic carbocycles. The van der Waals surface area contributed by atoms with Crippen LogP contribution in [-0.4, -0.2) is 21.9 Å². The lowest BCUT2D eigenvalue weighted by molar-refractivity contribution is -0.113. The first-order valence-electron chi connectivity index (χ1n) is 7.60. The summed E-state index contributed by atoms with van der Waals surface area (Å²) in [5, 5.41) is 11.3. The lowest BCUT2D eigenvalue weighted by Crippen LogP contribution is -2.14. The third kappa shape index (κ3) is 4.70. The number of rotatable bonds is 5. The summed E-state index contributed by atoms with van der Waals surface area (Å²) in [4.78, 5) is 12.1. The molecule has 0 aliphatic heterocycles. The van der Waals surface area contributed by atoms with Crippen molar-refractivity contribution >= 4 is 39.3 Å². The lowest BCUT2D eigenvalue weighted by atomic mass is 10.1. The molecule has 0 bridgehead atoms. The van der Waals surface area contributed by atoms with Crippen LogP contribution in [0.3, 0.4) is 0 Å². The highest BCUT2D eigenvalue weighted by atomic mass is 79.9. The lowest BCUT2D eigenvalue weighted by Gasteiger charge is -2.08. The summed E-state index contributed by atoms with van der Waals surface area (Å²) in [5.74, 6) is 0.530. The van der Waals surface area contributed by atoms with Crippen molar-refractivity contribution in [2.75, 3.05) is 11.1 Å². The maximum Gasteiger partial charge on any atom is 0.277 e. The number of amides is 1. The zero-order valence-electron chi connectivity index (χ0n) is 13.7. The Morgan fingerprint density at radius 2 is 1.92 bits per heavy atom. The fourth-order valence-corrected chi connectivity index (χ4v) is 2.99. The van der Waals surface area contributed by atoms with Gasteiger partial charge in [-0.3, -0.25) is 4.79 Å². The fourth-order valence-electron chi connectivity index (χ4n) is 2.16. The zero-order chi connectivity index (χ0) is 17.8. The molecule has 1 N–H and O–H groups in total. The van der Waals surface area contributed by atoms with Gasteiger partial charge in [-0.2, -0.15) is 0 Å². The summed E-state index contributed by atoms with van der Waals surface area (Å²) in [6, 6.07) is 13.5. The molecular formula is C18H16BrN3O2S. The summed E-state index contributed by atoms with van der Waals surface area (Å²) in [6.45, 7) is 3.95. The van der Waals surface area contributed by atoms with Crippen molar-refractivity contribution in [3.8, 4) is 11.5 Å². The first kappa shape index (κ1) is 17.7. The average Bonchev–Trinajstić information content (AvgIpc) is 3.06. The monoisotopic (exact) mass is 417 g/mol. The molecule has 3 rings (SSSR count). The predicted octanol–water partition coefficient (Wildman–Crippen LogP) is 4.85. The van der Waals surface area contributed by atoms with Crippen LogP contribution >= 0.6 is 27.7 Å². The van der Waals surface area contributed by atoms with Gasteiger partial charge in [-0.1, -0.05) is 39.8 Å². The molecule has 0 atom stereocenters. The number of nitrogens with zero attached hydrogens (tertiary/aromatic N) is 2. The molecule has 1 amide bonds. The molecule has 0 saturated carbocycles. The largest absolute Gasteiger partial charge is 0.411 e. The van der Waals surface area contributed by atoms with Crippen molar-refractivity contribution in [2.24, 2.45) is 0 Å². The number of hydrogen-bond donors (Lipinski definition) is 1. The molecule has 3 aromatic rings. The van der Waals surface area contributed by atoms with Crippen molar-refractivity contribution in [1.82, 2.24) is 10.2 Å². The van der Waals surface area contributed by atoms with Gasteiger partial charge < -0.3 is 9.73 Å². The van der Waals surface area contributed by atoms with Gasteiger partial charge in [0.15, 0.2) is 0 Å². The summed E-state index contributed by atoms with van der Waals surface area (Å²) in [6.07, 6.45) is 0. The molecule has 0 spiro atoms. The Hall–Kier alpha value is -2.12. The van der Waals surface area contributed by atoms with E-state index in [9.17, 15) is 4.79 Å². The second-order valence-electron chi connectivity index (χ2n) is 5.54. The number of nitrogens with one attached hydrogen (secondary N) is 1. The van der Waals surface area contributed by atoms with Gasteiger partial charge in [0, 0.05) is 15.7 Å². The zero-order valence-corrected chi connectivity index (χ0v) is 16.1. The van der Waals surface area contributed by atoms with E-state index < -0.39 is 0 Å². The van der Waals surface area contributed by atoms with Crippen LogP contribution in [0.15, 0.2) is 56.6 Å². The number of aryl methyl sites for hydroxylation is 2. The van der Waals surface area contributed by atoms with E-state index in [-0.39, 0.29) is 11.7 Å². The highest BCUT2D eigenvalue weighted by molar-refractivity contribution is 9.10. The molecule has 1 heterocycles. The summed E-state index contributed by atoms with van der Waals surface area (Å²) < 4.78 is 6.58. The van der Waals surface area contributed by atoms with E-state index in [2.05, 4.69) is 31.4 Å². The molecule has 0 aliphatic rings. The van der Waals surface area contributed by atoms with Crippen LogP contribution in [0.1, 0.15) is 11.1 Å². The van der Waals surface area contributed by atoms with Gasteiger partial charge in [0.1, 0.15) is 0 Å². The Bertz CT molecular complexity index is 894. The molecule has 0 saturated heterocycles. The average molecular weight is 418 g/mol. The van der Waals surface area contributed by atoms with Crippen LogP contribution in [0.25, 0.3) is 11.5 Å². The third-order valence-electron chi connectivity index (χ3n) is 3.49. The Kier molecular flexibility index (Phi) is 5.55. The minimum Gasteiger partial charge on any atom is -0.411 e. The van der Waals surface area contributed by atoms with E-state index in [1.165, 1.54) is 11.8 Å². The van der Waals surface area contributed by atoms with Gasteiger partial charge in [0.05, 0.1) is 5.75 Å².